The Hall–Kier alpha value is -1.05. The molecule has 2 heterocycles. The summed E-state index contributed by atoms with van der Waals surface area (Å²) >= 11 is 5.76. The highest BCUT2D eigenvalue weighted by atomic mass is 35.5. The molecule has 0 aromatic carbocycles. The minimum absolute atomic E-state index is 0.103. The van der Waals surface area contributed by atoms with E-state index in [-0.39, 0.29) is 23.5 Å². The Morgan fingerprint density at radius 3 is 2.80 bits per heavy atom. The molecule has 112 valence electrons. The molecule has 1 aliphatic heterocycles. The van der Waals surface area contributed by atoms with Crippen molar-refractivity contribution < 1.29 is 23.0 Å². The van der Waals surface area contributed by atoms with E-state index in [0.717, 1.165) is 6.07 Å². The van der Waals surface area contributed by atoms with E-state index in [1.165, 1.54) is 0 Å². The van der Waals surface area contributed by atoms with Crippen LogP contribution in [0.2, 0.25) is 5.02 Å². The topological polar surface area (TPSA) is 54.4 Å². The number of ether oxygens (including phenoxy) is 1. The van der Waals surface area contributed by atoms with Gasteiger partial charge in [-0.3, -0.25) is 0 Å². The van der Waals surface area contributed by atoms with E-state index in [4.69, 9.17) is 16.3 Å². The van der Waals surface area contributed by atoms with E-state index in [0.29, 0.717) is 19.2 Å². The molecule has 0 bridgehead atoms. The van der Waals surface area contributed by atoms with E-state index < -0.39 is 17.3 Å². The number of rotatable bonds is 3. The van der Waals surface area contributed by atoms with Crippen LogP contribution < -0.4 is 5.32 Å². The van der Waals surface area contributed by atoms with E-state index in [1.807, 2.05) is 0 Å². The fourth-order valence-electron chi connectivity index (χ4n) is 1.96. The molecule has 2 rings (SSSR count). The molecule has 0 aliphatic carbocycles. The van der Waals surface area contributed by atoms with Crippen molar-refractivity contribution in [1.82, 2.24) is 4.98 Å². The van der Waals surface area contributed by atoms with Crippen LogP contribution in [-0.2, 0) is 10.9 Å². The monoisotopic (exact) mass is 310 g/mol. The van der Waals surface area contributed by atoms with Gasteiger partial charge < -0.3 is 15.2 Å². The largest absolute Gasteiger partial charge is 0.417 e. The van der Waals surface area contributed by atoms with Crippen LogP contribution in [0.5, 0.6) is 0 Å². The molecule has 2 atom stereocenters. The summed E-state index contributed by atoms with van der Waals surface area (Å²) in [5.74, 6) is 0.104. The van der Waals surface area contributed by atoms with Crippen LogP contribution in [0.15, 0.2) is 12.3 Å². The second-order valence-corrected chi connectivity index (χ2v) is 5.18. The summed E-state index contributed by atoms with van der Waals surface area (Å²) in [6, 6.07) is 0.801. The molecule has 20 heavy (non-hydrogen) atoms. The molecule has 4 nitrogen and oxygen atoms in total. The number of hydrogen-bond donors (Lipinski definition) is 2. The highest BCUT2D eigenvalue weighted by molar-refractivity contribution is 6.32. The third-order valence-corrected chi connectivity index (χ3v) is 3.68. The molecule has 2 unspecified atom stereocenters. The maximum absolute atomic E-state index is 12.5. The molecular formula is C12H14ClF3N2O2. The lowest BCUT2D eigenvalue weighted by atomic mass is 9.97. The Labute approximate surface area is 118 Å². The molecule has 1 saturated heterocycles. The number of aliphatic hydroxyl groups is 1. The summed E-state index contributed by atoms with van der Waals surface area (Å²) in [5, 5.41) is 12.9. The Balaban J connectivity index is 2.07. The average Bonchev–Trinajstić information content (AvgIpc) is 2.67. The van der Waals surface area contributed by atoms with Gasteiger partial charge in [-0.05, 0) is 13.0 Å². The highest BCUT2D eigenvalue weighted by Gasteiger charge is 2.39. The number of alkyl halides is 3. The predicted molar refractivity (Wildman–Crippen MR) is 67.7 cm³/mol. The molecule has 1 aromatic heterocycles. The first kappa shape index (κ1) is 15.3. The Morgan fingerprint density at radius 2 is 2.30 bits per heavy atom. The summed E-state index contributed by atoms with van der Waals surface area (Å²) < 4.78 is 42.7. The molecule has 0 spiro atoms. The van der Waals surface area contributed by atoms with Gasteiger partial charge >= 0.3 is 6.18 Å². The van der Waals surface area contributed by atoms with Gasteiger partial charge in [0.2, 0.25) is 0 Å². The highest BCUT2D eigenvalue weighted by Crippen LogP contribution is 2.33. The van der Waals surface area contributed by atoms with Gasteiger partial charge in [0.1, 0.15) is 11.4 Å². The first-order chi connectivity index (χ1) is 9.22. The third-order valence-electron chi connectivity index (χ3n) is 3.39. The summed E-state index contributed by atoms with van der Waals surface area (Å²) in [5.41, 5.74) is -1.99. The summed E-state index contributed by atoms with van der Waals surface area (Å²) in [6.07, 6.45) is -3.70. The Morgan fingerprint density at radius 1 is 1.60 bits per heavy atom. The van der Waals surface area contributed by atoms with Gasteiger partial charge in [0.05, 0.1) is 16.7 Å². The fourth-order valence-corrected chi connectivity index (χ4v) is 2.20. The van der Waals surface area contributed by atoms with Gasteiger partial charge in [0.15, 0.2) is 0 Å². The summed E-state index contributed by atoms with van der Waals surface area (Å²) in [6.45, 7) is 2.27. The van der Waals surface area contributed by atoms with Crippen molar-refractivity contribution in [2.75, 3.05) is 18.5 Å². The molecule has 1 aromatic rings. The van der Waals surface area contributed by atoms with Crippen LogP contribution in [0.1, 0.15) is 18.9 Å². The maximum Gasteiger partial charge on any atom is 0.417 e. The molecule has 0 amide bonds. The second-order valence-electron chi connectivity index (χ2n) is 4.77. The smallest absolute Gasteiger partial charge is 0.385 e. The van der Waals surface area contributed by atoms with E-state index in [9.17, 15) is 18.3 Å². The average molecular weight is 311 g/mol. The van der Waals surface area contributed by atoms with Crippen molar-refractivity contribution >= 4 is 17.4 Å². The number of hydrogen-bond acceptors (Lipinski definition) is 4. The van der Waals surface area contributed by atoms with Crippen molar-refractivity contribution in [3.8, 4) is 0 Å². The van der Waals surface area contributed by atoms with Crippen LogP contribution in [0.25, 0.3) is 0 Å². The van der Waals surface area contributed by atoms with Gasteiger partial charge in [-0.1, -0.05) is 11.6 Å². The molecular weight excluding hydrogens is 297 g/mol. The minimum atomic E-state index is -4.48. The van der Waals surface area contributed by atoms with Crippen molar-refractivity contribution in [2.24, 2.45) is 0 Å². The summed E-state index contributed by atoms with van der Waals surface area (Å²) in [7, 11) is 0. The van der Waals surface area contributed by atoms with Gasteiger partial charge in [0, 0.05) is 25.8 Å². The van der Waals surface area contributed by atoms with Crippen molar-refractivity contribution in [2.45, 2.75) is 31.2 Å². The molecule has 8 heteroatoms. The number of aromatic nitrogens is 1. The van der Waals surface area contributed by atoms with Crippen LogP contribution >= 0.6 is 11.6 Å². The van der Waals surface area contributed by atoms with Gasteiger partial charge in [-0.25, -0.2) is 4.98 Å². The standard InChI is InChI=1S/C12H14ClF3N2O2/c1-7-11(19,2-3-20-7)6-18-10-9(13)4-8(5-17-10)12(14,15)16/h4-5,7,19H,2-3,6H2,1H3,(H,17,18). The van der Waals surface area contributed by atoms with Crippen LogP contribution in [-0.4, -0.2) is 34.9 Å². The van der Waals surface area contributed by atoms with Crippen molar-refractivity contribution in [1.29, 1.82) is 0 Å². The van der Waals surface area contributed by atoms with E-state index in [1.54, 1.807) is 6.92 Å². The van der Waals surface area contributed by atoms with E-state index >= 15 is 0 Å². The first-order valence-electron chi connectivity index (χ1n) is 6.03. The Bertz CT molecular complexity index is 498. The van der Waals surface area contributed by atoms with Gasteiger partial charge in [-0.2, -0.15) is 13.2 Å². The van der Waals surface area contributed by atoms with Crippen molar-refractivity contribution in [3.63, 3.8) is 0 Å². The number of pyridine rings is 1. The number of anilines is 1. The zero-order chi connectivity index (χ0) is 15.0. The quantitative estimate of drug-likeness (QED) is 0.901. The van der Waals surface area contributed by atoms with Crippen LogP contribution in [0.3, 0.4) is 0 Å². The summed E-state index contributed by atoms with van der Waals surface area (Å²) in [4.78, 5) is 3.65. The normalized spacial score (nSPS) is 26.8. The number of nitrogens with zero attached hydrogens (tertiary/aromatic N) is 1. The zero-order valence-electron chi connectivity index (χ0n) is 10.7. The molecule has 1 fully saturated rings. The minimum Gasteiger partial charge on any atom is -0.385 e. The van der Waals surface area contributed by atoms with Crippen LogP contribution in [0.4, 0.5) is 19.0 Å². The van der Waals surface area contributed by atoms with Crippen LogP contribution in [0, 0.1) is 0 Å². The Kier molecular flexibility index (Phi) is 4.13. The van der Waals surface area contributed by atoms with Crippen molar-refractivity contribution in [3.05, 3.63) is 22.8 Å². The van der Waals surface area contributed by atoms with E-state index in [2.05, 4.69) is 10.3 Å². The lowest BCUT2D eigenvalue weighted by Crippen LogP contribution is -2.43. The lowest BCUT2D eigenvalue weighted by molar-refractivity contribution is -0.137. The molecule has 0 saturated carbocycles. The second kappa shape index (κ2) is 5.38. The SMILES string of the molecule is CC1OCCC1(O)CNc1ncc(C(F)(F)F)cc1Cl. The first-order valence-corrected chi connectivity index (χ1v) is 6.41. The zero-order valence-corrected chi connectivity index (χ0v) is 11.4. The fraction of sp³-hybridized carbons (Fsp3) is 0.583. The number of halogens is 4. The third kappa shape index (κ3) is 3.16. The number of nitrogens with one attached hydrogen (secondary N) is 1. The van der Waals surface area contributed by atoms with Gasteiger partial charge in [0.25, 0.3) is 0 Å². The molecule has 2 N–H and O–H groups in total. The predicted octanol–water partition coefficient (Wildman–Crippen LogP) is 2.71. The molecule has 0 radical (unpaired) electrons. The van der Waals surface area contributed by atoms with Gasteiger partial charge in [-0.15, -0.1) is 0 Å². The maximum atomic E-state index is 12.5. The lowest BCUT2D eigenvalue weighted by Gasteiger charge is -2.26. The molecule has 1 aliphatic rings.